The molecule has 0 aliphatic heterocycles. The van der Waals surface area contributed by atoms with E-state index in [4.69, 9.17) is 23.2 Å². The molecule has 5 nitrogen and oxygen atoms in total. The number of hydrogen-bond acceptors (Lipinski definition) is 3. The summed E-state index contributed by atoms with van der Waals surface area (Å²) in [6, 6.07) is 17.6. The molecule has 0 bridgehead atoms. The van der Waals surface area contributed by atoms with Gasteiger partial charge in [0.25, 0.3) is 15.9 Å². The number of anilines is 2. The maximum absolute atomic E-state index is 13.0. The molecule has 0 saturated heterocycles. The van der Waals surface area contributed by atoms with Crippen LogP contribution in [0.25, 0.3) is 0 Å². The highest BCUT2D eigenvalue weighted by molar-refractivity contribution is 7.92. The van der Waals surface area contributed by atoms with E-state index >= 15 is 0 Å². The van der Waals surface area contributed by atoms with Crippen molar-refractivity contribution in [2.24, 2.45) is 0 Å². The van der Waals surface area contributed by atoms with Crippen molar-refractivity contribution in [3.05, 3.63) is 87.9 Å². The van der Waals surface area contributed by atoms with E-state index in [1.807, 2.05) is 19.1 Å². The number of halogens is 2. The summed E-state index contributed by atoms with van der Waals surface area (Å²) in [6.45, 7) is 1.92. The average molecular weight is 449 g/mol. The maximum atomic E-state index is 13.0. The lowest BCUT2D eigenvalue weighted by Crippen LogP contribution is -2.26. The Balaban J connectivity index is 1.87. The molecular weight excluding hydrogens is 431 g/mol. The molecule has 150 valence electrons. The Kier molecular flexibility index (Phi) is 6.17. The number of nitrogens with zero attached hydrogens (tertiary/aromatic N) is 1. The van der Waals surface area contributed by atoms with Crippen LogP contribution in [0.2, 0.25) is 10.0 Å². The van der Waals surface area contributed by atoms with Gasteiger partial charge in [-0.05, 0) is 55.5 Å². The molecule has 29 heavy (non-hydrogen) atoms. The zero-order chi connectivity index (χ0) is 21.2. The fraction of sp³-hybridized carbons (Fsp3) is 0.0952. The fourth-order valence-electron chi connectivity index (χ4n) is 2.63. The smallest absolute Gasteiger partial charge is 0.264 e. The Labute approximate surface area is 179 Å². The number of hydrogen-bond donors (Lipinski definition) is 1. The monoisotopic (exact) mass is 448 g/mol. The van der Waals surface area contributed by atoms with E-state index < -0.39 is 15.9 Å². The topological polar surface area (TPSA) is 66.5 Å². The predicted molar refractivity (Wildman–Crippen MR) is 118 cm³/mol. The first-order valence-electron chi connectivity index (χ1n) is 8.60. The molecule has 0 fully saturated rings. The summed E-state index contributed by atoms with van der Waals surface area (Å²) >= 11 is 11.9. The van der Waals surface area contributed by atoms with Crippen LogP contribution < -0.4 is 9.62 Å². The van der Waals surface area contributed by atoms with Gasteiger partial charge in [-0.25, -0.2) is 8.42 Å². The maximum Gasteiger partial charge on any atom is 0.264 e. The summed E-state index contributed by atoms with van der Waals surface area (Å²) < 4.78 is 27.2. The van der Waals surface area contributed by atoms with Crippen LogP contribution in [-0.2, 0) is 10.0 Å². The number of sulfonamides is 1. The van der Waals surface area contributed by atoms with Gasteiger partial charge in [0.15, 0.2) is 0 Å². The minimum atomic E-state index is -3.84. The van der Waals surface area contributed by atoms with Crippen LogP contribution >= 0.6 is 23.2 Å². The third-order valence-electron chi connectivity index (χ3n) is 4.33. The van der Waals surface area contributed by atoms with Crippen molar-refractivity contribution in [3.8, 4) is 0 Å². The third-order valence-corrected chi connectivity index (χ3v) is 6.66. The zero-order valence-electron chi connectivity index (χ0n) is 15.7. The molecule has 3 aromatic rings. The van der Waals surface area contributed by atoms with Crippen molar-refractivity contribution in [3.63, 3.8) is 0 Å². The van der Waals surface area contributed by atoms with Gasteiger partial charge in [0, 0.05) is 17.6 Å². The van der Waals surface area contributed by atoms with Gasteiger partial charge in [0.1, 0.15) is 0 Å². The van der Waals surface area contributed by atoms with Crippen LogP contribution in [0.5, 0.6) is 0 Å². The molecule has 1 amide bonds. The number of aryl methyl sites for hydroxylation is 1. The van der Waals surface area contributed by atoms with Crippen LogP contribution in [0.3, 0.4) is 0 Å². The van der Waals surface area contributed by atoms with Crippen LogP contribution in [0.1, 0.15) is 15.9 Å². The molecule has 0 aliphatic carbocycles. The third kappa shape index (κ3) is 4.72. The predicted octanol–water partition coefficient (Wildman–Crippen LogP) is 5.38. The first-order chi connectivity index (χ1) is 13.7. The number of carbonyl (C=O) groups is 1. The molecule has 3 aromatic carbocycles. The van der Waals surface area contributed by atoms with Gasteiger partial charge in [-0.3, -0.25) is 9.10 Å². The van der Waals surface area contributed by atoms with Gasteiger partial charge in [-0.1, -0.05) is 47.0 Å². The van der Waals surface area contributed by atoms with E-state index in [0.29, 0.717) is 16.4 Å². The standard InChI is InChI=1S/C21H18Cl2N2O3S/c1-14-6-9-17(10-7-14)25(2)29(27,28)18-5-3-4-15(12-18)21(26)24-20-11-8-16(22)13-19(20)23/h3-13H,1-2H3,(H,24,26). The van der Waals surface area contributed by atoms with Crippen LogP contribution in [0, 0.1) is 6.92 Å². The fourth-order valence-corrected chi connectivity index (χ4v) is 4.33. The van der Waals surface area contributed by atoms with Crippen LogP contribution in [0.4, 0.5) is 11.4 Å². The van der Waals surface area contributed by atoms with Gasteiger partial charge in [-0.2, -0.15) is 0 Å². The average Bonchev–Trinajstić information content (AvgIpc) is 2.70. The van der Waals surface area contributed by atoms with Gasteiger partial charge in [0.05, 0.1) is 21.3 Å². The van der Waals surface area contributed by atoms with E-state index in [2.05, 4.69) is 5.32 Å². The van der Waals surface area contributed by atoms with Gasteiger partial charge in [0.2, 0.25) is 0 Å². The normalized spacial score (nSPS) is 11.2. The highest BCUT2D eigenvalue weighted by Crippen LogP contribution is 2.27. The molecule has 0 aromatic heterocycles. The summed E-state index contributed by atoms with van der Waals surface area (Å²) in [5, 5.41) is 3.39. The molecule has 0 radical (unpaired) electrons. The van der Waals surface area contributed by atoms with E-state index in [1.54, 1.807) is 24.3 Å². The number of amides is 1. The lowest BCUT2D eigenvalue weighted by Gasteiger charge is -2.20. The second-order valence-corrected chi connectivity index (χ2v) is 9.23. The molecule has 8 heteroatoms. The Morgan fingerprint density at radius 3 is 2.31 bits per heavy atom. The first kappa shape index (κ1) is 21.2. The molecule has 3 rings (SSSR count). The number of nitrogens with one attached hydrogen (secondary N) is 1. The minimum Gasteiger partial charge on any atom is -0.321 e. The van der Waals surface area contributed by atoms with E-state index in [1.165, 1.54) is 41.7 Å². The molecule has 0 aliphatic rings. The van der Waals surface area contributed by atoms with Crippen molar-refractivity contribution in [2.75, 3.05) is 16.7 Å². The van der Waals surface area contributed by atoms with Gasteiger partial charge >= 0.3 is 0 Å². The summed E-state index contributed by atoms with van der Waals surface area (Å²) in [5.41, 5.74) is 2.12. The molecule has 0 atom stereocenters. The number of carbonyl (C=O) groups excluding carboxylic acids is 1. The highest BCUT2D eigenvalue weighted by atomic mass is 35.5. The van der Waals surface area contributed by atoms with E-state index in [-0.39, 0.29) is 15.5 Å². The Hall–Kier alpha value is -2.54. The lowest BCUT2D eigenvalue weighted by atomic mass is 10.2. The summed E-state index contributed by atoms with van der Waals surface area (Å²) in [6.07, 6.45) is 0. The van der Waals surface area contributed by atoms with Crippen molar-refractivity contribution in [1.29, 1.82) is 0 Å². The lowest BCUT2D eigenvalue weighted by molar-refractivity contribution is 0.102. The molecule has 0 unspecified atom stereocenters. The largest absolute Gasteiger partial charge is 0.321 e. The van der Waals surface area contributed by atoms with Gasteiger partial charge < -0.3 is 5.32 Å². The highest BCUT2D eigenvalue weighted by Gasteiger charge is 2.22. The quantitative estimate of drug-likeness (QED) is 0.569. The molecule has 1 N–H and O–H groups in total. The van der Waals surface area contributed by atoms with Crippen molar-refractivity contribution in [1.82, 2.24) is 0 Å². The second-order valence-electron chi connectivity index (χ2n) is 6.41. The van der Waals surface area contributed by atoms with E-state index in [0.717, 1.165) is 5.56 Å². The molecule has 0 heterocycles. The van der Waals surface area contributed by atoms with Crippen molar-refractivity contribution < 1.29 is 13.2 Å². The Bertz CT molecular complexity index is 1160. The first-order valence-corrected chi connectivity index (χ1v) is 10.8. The van der Waals surface area contributed by atoms with E-state index in [9.17, 15) is 13.2 Å². The molecule has 0 saturated carbocycles. The second kappa shape index (κ2) is 8.45. The Morgan fingerprint density at radius 2 is 1.66 bits per heavy atom. The summed E-state index contributed by atoms with van der Waals surface area (Å²) in [7, 11) is -2.37. The minimum absolute atomic E-state index is 0.00966. The zero-order valence-corrected chi connectivity index (χ0v) is 18.0. The van der Waals surface area contributed by atoms with Crippen LogP contribution in [0.15, 0.2) is 71.6 Å². The van der Waals surface area contributed by atoms with Crippen molar-refractivity contribution >= 4 is 50.5 Å². The number of benzene rings is 3. The Morgan fingerprint density at radius 1 is 0.966 bits per heavy atom. The summed E-state index contributed by atoms with van der Waals surface area (Å²) in [4.78, 5) is 12.6. The molecular formula is C21H18Cl2N2O3S. The van der Waals surface area contributed by atoms with Crippen molar-refractivity contribution in [2.45, 2.75) is 11.8 Å². The molecule has 0 spiro atoms. The summed E-state index contributed by atoms with van der Waals surface area (Å²) in [5.74, 6) is -0.482. The SMILES string of the molecule is Cc1ccc(N(C)S(=O)(=O)c2cccc(C(=O)Nc3ccc(Cl)cc3Cl)c2)cc1. The van der Waals surface area contributed by atoms with Gasteiger partial charge in [-0.15, -0.1) is 0 Å². The number of rotatable bonds is 5. The van der Waals surface area contributed by atoms with Crippen LogP contribution in [-0.4, -0.2) is 21.4 Å².